The summed E-state index contributed by atoms with van der Waals surface area (Å²) < 4.78 is 0. The van der Waals surface area contributed by atoms with Crippen LogP contribution in [0.4, 0.5) is 0 Å². The molecule has 0 aliphatic carbocycles. The SMILES string of the molecule is [B]B([B])B(B([B])[B])B(B(B([B])[B])B([B])[B])B(B(B([B])[B])B([B])[B])B(B([B])[B])B(B([B])[B])B([BH3-])[BH3-]. The van der Waals surface area contributed by atoms with E-state index in [0.29, 0.717) is 6.39 Å². The lowest BCUT2D eigenvalue weighted by molar-refractivity contribution is 3.24. The van der Waals surface area contributed by atoms with E-state index in [0.717, 1.165) is 0 Å². The molecule has 0 saturated carbocycles. The molecule has 0 heterocycles. The van der Waals surface area contributed by atoms with Gasteiger partial charge in [0.25, 0.3) is 0 Å². The molecule has 110 valence electrons. The standard InChI is InChI=1S/B34H6/c1-19(2)28(20(3)4)32(27(17)18)34(31(25(13)14)26(15)16)33(29(21(5)6)22(7)8)30(23(9)10)24(11)12/h1-2H3/q-2. The van der Waals surface area contributed by atoms with Gasteiger partial charge in [-0.05, 0) is 213 Å². The highest BCUT2D eigenvalue weighted by Crippen LogP contribution is 2.16. The van der Waals surface area contributed by atoms with Crippen molar-refractivity contribution in [3.63, 3.8) is 0 Å². The average Bonchev–Trinajstić information content (AvgIpc) is 2.60. The summed E-state index contributed by atoms with van der Waals surface area (Å²) in [7, 11) is 99.4. The first-order valence-electron chi connectivity index (χ1n) is 10.3. The summed E-state index contributed by atoms with van der Waals surface area (Å²) in [5.41, 5.74) is 0. The van der Waals surface area contributed by atoms with Crippen molar-refractivity contribution < 1.29 is 0 Å². The largest absolute Gasteiger partial charge is 0.262 e. The zero-order valence-electron chi connectivity index (χ0n) is 18.5. The molecule has 0 spiro atoms. The fourth-order valence-electron chi connectivity index (χ4n) is 4.88. The molecule has 0 aromatic rings. The lowest BCUT2D eigenvalue weighted by atomic mass is 8.29. The monoisotopic (exact) mass is 380 g/mol. The van der Waals surface area contributed by atoms with Crippen LogP contribution in [0.25, 0.3) is 0 Å². The molecule has 0 atom stereocenters. The van der Waals surface area contributed by atoms with E-state index >= 15 is 0 Å². The zero-order chi connectivity index (χ0) is 27.2. The van der Waals surface area contributed by atoms with E-state index in [1.807, 2.05) is 0 Å². The quantitative estimate of drug-likeness (QED) is 0.250. The highest BCUT2D eigenvalue weighted by molar-refractivity contribution is 8.29. The molecule has 0 nitrogen and oxygen atoms in total. The molecule has 0 aliphatic heterocycles. The molecular formula is H6B34-2. The van der Waals surface area contributed by atoms with Crippen molar-refractivity contribution in [3.05, 3.63) is 0 Å². The van der Waals surface area contributed by atoms with Crippen molar-refractivity contribution in [2.75, 3.05) is 0 Å². The van der Waals surface area contributed by atoms with Crippen LogP contribution in [0.3, 0.4) is 0 Å². The minimum absolute atomic E-state index is 0.146. The predicted octanol–water partition coefficient (Wildman–Crippen LogP) is -14.6. The molecule has 0 amide bonds. The number of hydrogen-bond donors (Lipinski definition) is 0. The van der Waals surface area contributed by atoms with Crippen molar-refractivity contribution in [3.8, 4) is 0 Å². The smallest absolute Gasteiger partial charge is 0.000000000000163 e. The van der Waals surface area contributed by atoms with Gasteiger partial charge >= 0.3 is 0 Å². The van der Waals surface area contributed by atoms with Gasteiger partial charge in [-0.15, -0.1) is 15.5 Å². The van der Waals surface area contributed by atoms with E-state index in [9.17, 15) is 0 Å². The Morgan fingerprint density at radius 1 is 0.235 bits per heavy atom. The Balaban J connectivity index is 7.58. The Kier molecular flexibility index (Phi) is 17.4. The van der Waals surface area contributed by atoms with E-state index in [-0.39, 0.29) is 21.9 Å². The van der Waals surface area contributed by atoms with Gasteiger partial charge in [-0.3, -0.25) is 6.39 Å². The summed E-state index contributed by atoms with van der Waals surface area (Å²) in [6.45, 7) is 0. The van der Waals surface area contributed by atoms with Crippen molar-refractivity contribution in [1.29, 1.82) is 0 Å². The van der Waals surface area contributed by atoms with Gasteiger partial charge in [-0.1, -0.05) is 6.39 Å². The Labute approximate surface area is 240 Å². The van der Waals surface area contributed by atoms with Crippen LogP contribution >= 0.6 is 0 Å². The zero-order valence-corrected chi connectivity index (χ0v) is 18.5. The lowest BCUT2D eigenvalue weighted by Gasteiger charge is -2.53. The molecule has 0 aromatic carbocycles. The van der Waals surface area contributed by atoms with Crippen molar-refractivity contribution >= 4 is 241 Å². The highest BCUT2D eigenvalue weighted by atomic mass is 13.4. The summed E-state index contributed by atoms with van der Waals surface area (Å²) >= 11 is 0. The molecule has 0 rings (SSSR count). The normalized spacial score (nSPS) is 9.59. The Bertz CT molecular complexity index is 466. The van der Waals surface area contributed by atoms with Gasteiger partial charge in [-0.25, -0.2) is 0 Å². The second-order valence-corrected chi connectivity index (χ2v) is 8.66. The number of rotatable bonds is 15. The minimum Gasteiger partial charge on any atom is -0.262 e. The van der Waals surface area contributed by atoms with Crippen LogP contribution < -0.4 is 0 Å². The first kappa shape index (κ1) is 36.2. The topological polar surface area (TPSA) is 0 Å². The Morgan fingerprint density at radius 2 is 0.412 bits per heavy atom. The first-order chi connectivity index (χ1) is 15.4. The van der Waals surface area contributed by atoms with Gasteiger partial charge in [0.05, 0.1) is 0 Å². The molecule has 0 N–H and O–H groups in total. The maximum absolute atomic E-state index is 6.40. The molecule has 0 aromatic heterocycles. The second kappa shape index (κ2) is 16.3. The third-order valence-corrected chi connectivity index (χ3v) is 6.22. The van der Waals surface area contributed by atoms with Gasteiger partial charge in [0.1, 0.15) is 0 Å². The maximum Gasteiger partial charge on any atom is -0.000000000000163 e. The first-order valence-corrected chi connectivity index (χ1v) is 10.3. The Hall–Kier alpha value is 2.21. The van der Waals surface area contributed by atoms with Crippen LogP contribution in [-0.4, -0.2) is 241 Å². The second-order valence-electron chi connectivity index (χ2n) is 8.66. The molecule has 0 fully saturated rings. The minimum atomic E-state index is -1.03. The van der Waals surface area contributed by atoms with E-state index in [2.05, 4.69) is 0 Å². The fraction of sp³-hybridized carbons (Fsp3) is 0. The van der Waals surface area contributed by atoms with Gasteiger partial charge in [-0.2, -0.15) is 0 Å². The molecule has 0 unspecified atom stereocenters. The molecule has 0 aliphatic rings. The van der Waals surface area contributed by atoms with Crippen LogP contribution in [0, 0.1) is 0 Å². The predicted molar refractivity (Wildman–Crippen MR) is 204 cm³/mol. The van der Waals surface area contributed by atoms with Crippen LogP contribution in [0.2, 0.25) is 0 Å². The molecular weight excluding hydrogens is 368 g/mol. The van der Waals surface area contributed by atoms with E-state index in [1.54, 1.807) is 0 Å². The molecule has 0 saturated heterocycles. The fourth-order valence-corrected chi connectivity index (χ4v) is 4.88. The van der Waals surface area contributed by atoms with E-state index < -0.39 is 89.4 Å². The number of hydrogen-bond acceptors (Lipinski definition) is 0. The summed E-state index contributed by atoms with van der Waals surface area (Å²) in [4.78, 5) is 0. The van der Waals surface area contributed by atoms with Crippen LogP contribution in [0.15, 0.2) is 0 Å². The van der Waals surface area contributed by atoms with Crippen molar-refractivity contribution in [2.24, 2.45) is 0 Å². The maximum atomic E-state index is 6.40. The summed E-state index contributed by atoms with van der Waals surface area (Å²) in [6.07, 6.45) is -12.1. The van der Waals surface area contributed by atoms with E-state index in [1.165, 1.54) is 0 Å². The third kappa shape index (κ3) is 9.75. The lowest BCUT2D eigenvalue weighted by Crippen LogP contribution is -2.90. The van der Waals surface area contributed by atoms with Gasteiger partial charge in [0, 0.05) is 0 Å². The van der Waals surface area contributed by atoms with Gasteiger partial charge in [0.15, 0.2) is 0 Å². The van der Waals surface area contributed by atoms with Crippen molar-refractivity contribution in [1.82, 2.24) is 0 Å². The van der Waals surface area contributed by atoms with Crippen LogP contribution in [-0.2, 0) is 0 Å². The summed E-state index contributed by atoms with van der Waals surface area (Å²) in [5.74, 6) is 0. The Morgan fingerprint density at radius 3 is 0.559 bits per heavy atom. The molecule has 34 heavy (non-hydrogen) atoms. The molecule has 32 radical (unpaired) electrons. The average molecular weight is 374 g/mol. The summed E-state index contributed by atoms with van der Waals surface area (Å²) in [5, 5.41) is 0. The van der Waals surface area contributed by atoms with E-state index in [4.69, 9.17) is 124 Å². The third-order valence-electron chi connectivity index (χ3n) is 6.22. The summed E-state index contributed by atoms with van der Waals surface area (Å²) in [6, 6.07) is 0. The highest BCUT2D eigenvalue weighted by Gasteiger charge is 2.53. The van der Waals surface area contributed by atoms with Gasteiger partial charge in [0.2, 0.25) is 0 Å². The van der Waals surface area contributed by atoms with Crippen molar-refractivity contribution in [2.45, 2.75) is 0 Å². The van der Waals surface area contributed by atoms with Gasteiger partial charge < -0.3 is 0 Å². The van der Waals surface area contributed by atoms with Crippen LogP contribution in [0.1, 0.15) is 0 Å². The molecule has 0 bridgehead atoms. The van der Waals surface area contributed by atoms with Crippen LogP contribution in [0.5, 0.6) is 0 Å². The molecule has 34 heteroatoms.